The Bertz CT molecular complexity index is 604. The van der Waals surface area contributed by atoms with Crippen molar-refractivity contribution < 1.29 is 9.53 Å². The van der Waals surface area contributed by atoms with Gasteiger partial charge in [0.25, 0.3) is 0 Å². The molecule has 1 unspecified atom stereocenters. The third-order valence-corrected chi connectivity index (χ3v) is 6.08. The summed E-state index contributed by atoms with van der Waals surface area (Å²) >= 11 is 0. The number of hydrogen-bond donors (Lipinski definition) is 1. The van der Waals surface area contributed by atoms with Crippen LogP contribution in [-0.4, -0.2) is 55.2 Å². The largest absolute Gasteiger partial charge is 0.381 e. The van der Waals surface area contributed by atoms with Crippen LogP contribution in [0.2, 0.25) is 0 Å². The Morgan fingerprint density at radius 3 is 2.79 bits per heavy atom. The molecule has 0 saturated carbocycles. The van der Waals surface area contributed by atoms with Gasteiger partial charge in [0.2, 0.25) is 0 Å². The van der Waals surface area contributed by atoms with Gasteiger partial charge in [0.1, 0.15) is 0 Å². The average molecular weight is 329 g/mol. The zero-order valence-electron chi connectivity index (χ0n) is 14.2. The molecule has 5 heteroatoms. The van der Waals surface area contributed by atoms with Crippen molar-refractivity contribution in [1.82, 2.24) is 9.80 Å². The van der Waals surface area contributed by atoms with E-state index in [2.05, 4.69) is 29.2 Å². The lowest BCUT2D eigenvalue weighted by molar-refractivity contribution is 0.0954. The van der Waals surface area contributed by atoms with E-state index in [0.29, 0.717) is 5.92 Å². The SMILES string of the molecule is NC(=O)N1CCC2(CC1)CN(CC1CCOC1)Cc1ccccc12. The van der Waals surface area contributed by atoms with Gasteiger partial charge in [-0.1, -0.05) is 24.3 Å². The van der Waals surface area contributed by atoms with Crippen LogP contribution in [0.15, 0.2) is 24.3 Å². The molecular weight excluding hydrogens is 302 g/mol. The Labute approximate surface area is 143 Å². The fourth-order valence-corrected chi connectivity index (χ4v) is 4.79. The van der Waals surface area contributed by atoms with Crippen molar-refractivity contribution in [3.8, 4) is 0 Å². The number of urea groups is 1. The van der Waals surface area contributed by atoms with Crippen LogP contribution in [0.1, 0.15) is 30.4 Å². The second-order valence-corrected chi connectivity index (χ2v) is 7.66. The molecule has 130 valence electrons. The lowest BCUT2D eigenvalue weighted by atomic mass is 9.68. The molecule has 1 aromatic rings. The van der Waals surface area contributed by atoms with Gasteiger partial charge in [-0.25, -0.2) is 4.79 Å². The molecule has 1 atom stereocenters. The second-order valence-electron chi connectivity index (χ2n) is 7.66. The standard InChI is InChI=1S/C19H27N3O2/c20-18(23)22-8-6-19(7-9-22)14-21(11-15-5-10-24-13-15)12-16-3-1-2-4-17(16)19/h1-4,15H,5-14H2,(H2,20,23). The van der Waals surface area contributed by atoms with Crippen LogP contribution in [-0.2, 0) is 16.7 Å². The molecule has 0 aromatic heterocycles. The van der Waals surface area contributed by atoms with E-state index in [1.165, 1.54) is 17.5 Å². The van der Waals surface area contributed by atoms with E-state index in [1.54, 1.807) is 4.90 Å². The molecule has 4 rings (SSSR count). The monoisotopic (exact) mass is 329 g/mol. The van der Waals surface area contributed by atoms with Crippen LogP contribution in [0, 0.1) is 5.92 Å². The fraction of sp³-hybridized carbons (Fsp3) is 0.632. The molecule has 2 N–H and O–H groups in total. The summed E-state index contributed by atoms with van der Waals surface area (Å²) in [5, 5.41) is 0. The predicted molar refractivity (Wildman–Crippen MR) is 92.7 cm³/mol. The molecule has 0 radical (unpaired) electrons. The third kappa shape index (κ3) is 2.91. The summed E-state index contributed by atoms with van der Waals surface area (Å²) in [5.41, 5.74) is 8.59. The molecule has 2 fully saturated rings. The third-order valence-electron chi connectivity index (χ3n) is 6.08. The summed E-state index contributed by atoms with van der Waals surface area (Å²) in [6.07, 6.45) is 3.19. The molecule has 24 heavy (non-hydrogen) atoms. The summed E-state index contributed by atoms with van der Waals surface area (Å²) < 4.78 is 5.56. The van der Waals surface area contributed by atoms with Crippen molar-refractivity contribution in [1.29, 1.82) is 0 Å². The summed E-state index contributed by atoms with van der Waals surface area (Å²) in [6.45, 7) is 6.60. The van der Waals surface area contributed by atoms with Gasteiger partial charge in [-0.05, 0) is 36.3 Å². The molecule has 0 aliphatic carbocycles. The Balaban J connectivity index is 1.56. The van der Waals surface area contributed by atoms with Crippen molar-refractivity contribution >= 4 is 6.03 Å². The number of nitrogens with two attached hydrogens (primary N) is 1. The van der Waals surface area contributed by atoms with Crippen LogP contribution < -0.4 is 5.73 Å². The average Bonchev–Trinajstić information content (AvgIpc) is 3.08. The lowest BCUT2D eigenvalue weighted by Gasteiger charge is -2.49. The van der Waals surface area contributed by atoms with Gasteiger partial charge in [-0.3, -0.25) is 4.90 Å². The number of ether oxygens (including phenoxy) is 1. The molecule has 5 nitrogen and oxygen atoms in total. The lowest BCUT2D eigenvalue weighted by Crippen LogP contribution is -2.54. The number of piperidine rings is 1. The number of amides is 2. The van der Waals surface area contributed by atoms with E-state index in [0.717, 1.165) is 58.8 Å². The van der Waals surface area contributed by atoms with E-state index in [9.17, 15) is 4.79 Å². The van der Waals surface area contributed by atoms with Crippen molar-refractivity contribution in [2.45, 2.75) is 31.2 Å². The zero-order valence-corrected chi connectivity index (χ0v) is 14.2. The normalized spacial score (nSPS) is 26.5. The first-order valence-corrected chi connectivity index (χ1v) is 9.09. The number of fused-ring (bicyclic) bond motifs is 2. The van der Waals surface area contributed by atoms with E-state index >= 15 is 0 Å². The van der Waals surface area contributed by atoms with Gasteiger partial charge in [0.15, 0.2) is 0 Å². The van der Waals surface area contributed by atoms with Crippen molar-refractivity contribution in [2.75, 3.05) is 39.4 Å². The smallest absolute Gasteiger partial charge is 0.314 e. The Morgan fingerprint density at radius 2 is 2.08 bits per heavy atom. The highest BCUT2D eigenvalue weighted by molar-refractivity contribution is 5.72. The summed E-state index contributed by atoms with van der Waals surface area (Å²) in [5.74, 6) is 0.665. The number of carbonyl (C=O) groups excluding carboxylic acids is 1. The van der Waals surface area contributed by atoms with E-state index in [1.807, 2.05) is 0 Å². The van der Waals surface area contributed by atoms with Crippen molar-refractivity contribution in [3.63, 3.8) is 0 Å². The Kier molecular flexibility index (Phi) is 4.22. The minimum Gasteiger partial charge on any atom is -0.381 e. The van der Waals surface area contributed by atoms with Gasteiger partial charge in [0.05, 0.1) is 6.61 Å². The number of primary amides is 1. The van der Waals surface area contributed by atoms with Gasteiger partial charge in [0, 0.05) is 44.7 Å². The number of hydrogen-bond acceptors (Lipinski definition) is 3. The van der Waals surface area contributed by atoms with E-state index in [-0.39, 0.29) is 11.4 Å². The van der Waals surface area contributed by atoms with Gasteiger partial charge >= 0.3 is 6.03 Å². The zero-order chi connectivity index (χ0) is 16.6. The minimum absolute atomic E-state index is 0.167. The van der Waals surface area contributed by atoms with E-state index < -0.39 is 0 Å². The maximum absolute atomic E-state index is 11.5. The fourth-order valence-electron chi connectivity index (χ4n) is 4.79. The maximum Gasteiger partial charge on any atom is 0.314 e. The van der Waals surface area contributed by atoms with Crippen molar-refractivity contribution in [2.24, 2.45) is 11.7 Å². The first-order chi connectivity index (χ1) is 11.7. The number of rotatable bonds is 2. The number of carbonyl (C=O) groups is 1. The topological polar surface area (TPSA) is 58.8 Å². The molecule has 3 heterocycles. The molecule has 0 bridgehead atoms. The molecule has 2 amide bonds. The van der Waals surface area contributed by atoms with Gasteiger partial charge in [-0.2, -0.15) is 0 Å². The molecule has 1 aromatic carbocycles. The van der Waals surface area contributed by atoms with Crippen molar-refractivity contribution in [3.05, 3.63) is 35.4 Å². The predicted octanol–water partition coefficient (Wildman–Crippen LogP) is 1.95. The Morgan fingerprint density at radius 1 is 1.29 bits per heavy atom. The quantitative estimate of drug-likeness (QED) is 0.902. The highest BCUT2D eigenvalue weighted by Gasteiger charge is 2.42. The van der Waals surface area contributed by atoms with Crippen LogP contribution in [0.5, 0.6) is 0 Å². The first-order valence-electron chi connectivity index (χ1n) is 9.09. The number of benzene rings is 1. The number of nitrogens with zero attached hydrogens (tertiary/aromatic N) is 2. The maximum atomic E-state index is 11.5. The van der Waals surface area contributed by atoms with E-state index in [4.69, 9.17) is 10.5 Å². The van der Waals surface area contributed by atoms with Crippen LogP contribution in [0.4, 0.5) is 4.79 Å². The minimum atomic E-state index is -0.283. The second kappa shape index (κ2) is 6.37. The molecule has 3 aliphatic heterocycles. The molecule has 1 spiro atoms. The summed E-state index contributed by atoms with van der Waals surface area (Å²) in [6, 6.07) is 8.59. The van der Waals surface area contributed by atoms with Crippen LogP contribution >= 0.6 is 0 Å². The summed E-state index contributed by atoms with van der Waals surface area (Å²) in [4.78, 5) is 15.9. The Hall–Kier alpha value is -1.59. The molecule has 3 aliphatic rings. The molecule has 2 saturated heterocycles. The highest BCUT2D eigenvalue weighted by Crippen LogP contribution is 2.42. The first kappa shape index (κ1) is 15.9. The summed E-state index contributed by atoms with van der Waals surface area (Å²) in [7, 11) is 0. The highest BCUT2D eigenvalue weighted by atomic mass is 16.5. The van der Waals surface area contributed by atoms with Crippen LogP contribution in [0.3, 0.4) is 0 Å². The van der Waals surface area contributed by atoms with Gasteiger partial charge < -0.3 is 15.4 Å². The van der Waals surface area contributed by atoms with Gasteiger partial charge in [-0.15, -0.1) is 0 Å². The molecular formula is C19H27N3O2. The van der Waals surface area contributed by atoms with Crippen LogP contribution in [0.25, 0.3) is 0 Å². The number of likely N-dealkylation sites (tertiary alicyclic amines) is 1.